The van der Waals surface area contributed by atoms with E-state index in [2.05, 4.69) is 18.8 Å². The summed E-state index contributed by atoms with van der Waals surface area (Å²) in [5, 5.41) is 0. The van der Waals surface area contributed by atoms with E-state index >= 15 is 0 Å². The second-order valence-corrected chi connectivity index (χ2v) is 5.77. The van der Waals surface area contributed by atoms with Gasteiger partial charge < -0.3 is 4.74 Å². The second kappa shape index (κ2) is 6.18. The van der Waals surface area contributed by atoms with Crippen molar-refractivity contribution in [3.8, 4) is 5.75 Å². The average molecular weight is 261 g/mol. The van der Waals surface area contributed by atoms with Crippen LogP contribution in [0.4, 0.5) is 0 Å². The van der Waals surface area contributed by atoms with E-state index in [1.165, 1.54) is 0 Å². The van der Waals surface area contributed by atoms with Crippen LogP contribution in [0.25, 0.3) is 0 Å². The number of hydrogen-bond donors (Lipinski definition) is 0. The first-order valence-corrected chi connectivity index (χ1v) is 7.16. The molecule has 1 aliphatic rings. The molecule has 0 N–H and O–H groups in total. The van der Waals surface area contributed by atoms with E-state index in [1.54, 1.807) is 25.4 Å². The Labute approximate surface area is 115 Å². The summed E-state index contributed by atoms with van der Waals surface area (Å²) in [6.45, 7) is 4.54. The van der Waals surface area contributed by atoms with Crippen LogP contribution >= 0.6 is 0 Å². The fourth-order valence-electron chi connectivity index (χ4n) is 2.98. The Morgan fingerprint density at radius 2 is 2.00 bits per heavy atom. The van der Waals surface area contributed by atoms with Crippen molar-refractivity contribution in [2.75, 3.05) is 7.11 Å². The Morgan fingerprint density at radius 1 is 1.32 bits per heavy atom. The van der Waals surface area contributed by atoms with Crippen molar-refractivity contribution in [1.82, 2.24) is 4.98 Å². The van der Waals surface area contributed by atoms with Crippen LogP contribution in [0.5, 0.6) is 5.75 Å². The third-order valence-corrected chi connectivity index (χ3v) is 4.31. The molecule has 3 heteroatoms. The van der Waals surface area contributed by atoms with Gasteiger partial charge in [-0.1, -0.05) is 13.8 Å². The number of ketones is 1. The normalized spacial score (nSPS) is 23.4. The van der Waals surface area contributed by atoms with Crippen molar-refractivity contribution in [3.05, 3.63) is 24.0 Å². The molecule has 1 aromatic heterocycles. The van der Waals surface area contributed by atoms with Gasteiger partial charge in [-0.05, 0) is 49.7 Å². The predicted molar refractivity (Wildman–Crippen MR) is 75.4 cm³/mol. The van der Waals surface area contributed by atoms with Gasteiger partial charge in [0.1, 0.15) is 11.4 Å². The van der Waals surface area contributed by atoms with Gasteiger partial charge in [-0.3, -0.25) is 4.79 Å². The molecule has 1 saturated carbocycles. The van der Waals surface area contributed by atoms with E-state index < -0.39 is 0 Å². The lowest BCUT2D eigenvalue weighted by Gasteiger charge is -2.30. The molecule has 0 atom stereocenters. The molecule has 1 aliphatic carbocycles. The van der Waals surface area contributed by atoms with E-state index in [0.29, 0.717) is 11.4 Å². The Morgan fingerprint density at radius 3 is 2.58 bits per heavy atom. The Kier molecular flexibility index (Phi) is 4.56. The van der Waals surface area contributed by atoms with Gasteiger partial charge in [0.2, 0.25) is 0 Å². The van der Waals surface area contributed by atoms with Crippen molar-refractivity contribution in [1.29, 1.82) is 0 Å². The molecule has 0 aromatic carbocycles. The van der Waals surface area contributed by atoms with Crippen molar-refractivity contribution >= 4 is 5.78 Å². The number of rotatable bonds is 4. The van der Waals surface area contributed by atoms with Gasteiger partial charge in [-0.2, -0.15) is 0 Å². The number of carbonyl (C=O) groups is 1. The molecule has 19 heavy (non-hydrogen) atoms. The number of methoxy groups -OCH3 is 1. The first-order chi connectivity index (χ1) is 9.13. The number of pyridine rings is 1. The van der Waals surface area contributed by atoms with Crippen LogP contribution in [0.1, 0.15) is 50.0 Å². The summed E-state index contributed by atoms with van der Waals surface area (Å²) in [5.74, 6) is 2.37. The Balaban J connectivity index is 2.05. The highest BCUT2D eigenvalue weighted by molar-refractivity contribution is 5.98. The molecule has 0 radical (unpaired) electrons. The Hall–Kier alpha value is -1.38. The highest BCUT2D eigenvalue weighted by Crippen LogP contribution is 2.35. The molecule has 1 aromatic rings. The lowest BCUT2D eigenvalue weighted by molar-refractivity contribution is 0.0850. The zero-order valence-electron chi connectivity index (χ0n) is 12.1. The maximum absolute atomic E-state index is 12.5. The minimum absolute atomic E-state index is 0.124. The van der Waals surface area contributed by atoms with Crippen LogP contribution in [0.3, 0.4) is 0 Å². The lowest BCUT2D eigenvalue weighted by atomic mass is 9.75. The van der Waals surface area contributed by atoms with Gasteiger partial charge >= 0.3 is 0 Å². The first-order valence-electron chi connectivity index (χ1n) is 7.16. The van der Waals surface area contributed by atoms with E-state index in [4.69, 9.17) is 4.74 Å². The Bertz CT molecular complexity index is 434. The molecule has 1 fully saturated rings. The van der Waals surface area contributed by atoms with Gasteiger partial charge in [-0.25, -0.2) is 4.98 Å². The zero-order valence-corrected chi connectivity index (χ0v) is 12.1. The summed E-state index contributed by atoms with van der Waals surface area (Å²) < 4.78 is 5.23. The number of ether oxygens (including phenoxy) is 1. The molecule has 0 spiro atoms. The van der Waals surface area contributed by atoms with Crippen LogP contribution in [0, 0.1) is 17.8 Å². The van der Waals surface area contributed by atoms with Crippen LogP contribution in [0.2, 0.25) is 0 Å². The molecule has 104 valence electrons. The van der Waals surface area contributed by atoms with Crippen molar-refractivity contribution in [3.63, 3.8) is 0 Å². The molecule has 0 aliphatic heterocycles. The second-order valence-electron chi connectivity index (χ2n) is 5.77. The first kappa shape index (κ1) is 14.0. The van der Waals surface area contributed by atoms with Gasteiger partial charge in [0.25, 0.3) is 0 Å². The fourth-order valence-corrected chi connectivity index (χ4v) is 2.98. The molecular weight excluding hydrogens is 238 g/mol. The smallest absolute Gasteiger partial charge is 0.188 e. The molecule has 0 bridgehead atoms. The average Bonchev–Trinajstić information content (AvgIpc) is 2.46. The van der Waals surface area contributed by atoms with Crippen molar-refractivity contribution < 1.29 is 9.53 Å². The number of hydrogen-bond acceptors (Lipinski definition) is 3. The van der Waals surface area contributed by atoms with Gasteiger partial charge in [0.05, 0.1) is 7.11 Å². The molecule has 0 saturated heterocycles. The van der Waals surface area contributed by atoms with Gasteiger partial charge in [0, 0.05) is 12.1 Å². The summed E-state index contributed by atoms with van der Waals surface area (Å²) in [7, 11) is 1.59. The summed E-state index contributed by atoms with van der Waals surface area (Å²) in [4.78, 5) is 16.7. The van der Waals surface area contributed by atoms with Crippen LogP contribution in [-0.4, -0.2) is 17.9 Å². The van der Waals surface area contributed by atoms with Gasteiger partial charge in [-0.15, -0.1) is 0 Å². The maximum Gasteiger partial charge on any atom is 0.188 e. The molecule has 0 unspecified atom stereocenters. The van der Waals surface area contributed by atoms with E-state index in [-0.39, 0.29) is 11.7 Å². The van der Waals surface area contributed by atoms with Crippen molar-refractivity contribution in [2.45, 2.75) is 39.5 Å². The topological polar surface area (TPSA) is 39.2 Å². The standard InChI is InChI=1S/C16H23NO2/c1-11(2)12-6-8-13(9-7-12)16(18)15-14(19-3)5-4-10-17-15/h4-5,10-13H,6-9H2,1-3H3. The number of aromatic nitrogens is 1. The van der Waals surface area contributed by atoms with Crippen LogP contribution in [-0.2, 0) is 0 Å². The minimum atomic E-state index is 0.124. The van der Waals surface area contributed by atoms with Crippen LogP contribution < -0.4 is 4.74 Å². The molecular formula is C16H23NO2. The quantitative estimate of drug-likeness (QED) is 0.775. The maximum atomic E-state index is 12.5. The number of carbonyl (C=O) groups excluding carboxylic acids is 1. The van der Waals surface area contributed by atoms with E-state index in [9.17, 15) is 4.79 Å². The minimum Gasteiger partial charge on any atom is -0.494 e. The van der Waals surface area contributed by atoms with Crippen molar-refractivity contribution in [2.24, 2.45) is 17.8 Å². The van der Waals surface area contributed by atoms with Gasteiger partial charge in [0.15, 0.2) is 5.78 Å². The molecule has 3 nitrogen and oxygen atoms in total. The summed E-state index contributed by atoms with van der Waals surface area (Å²) >= 11 is 0. The summed E-state index contributed by atoms with van der Waals surface area (Å²) in [5.41, 5.74) is 0.498. The molecule has 0 amide bonds. The largest absolute Gasteiger partial charge is 0.494 e. The highest BCUT2D eigenvalue weighted by Gasteiger charge is 2.30. The third-order valence-electron chi connectivity index (χ3n) is 4.31. The monoisotopic (exact) mass is 261 g/mol. The van der Waals surface area contributed by atoms with Crippen LogP contribution in [0.15, 0.2) is 18.3 Å². The molecule has 1 heterocycles. The molecule has 2 rings (SSSR count). The van der Waals surface area contributed by atoms with E-state index in [0.717, 1.165) is 37.5 Å². The highest BCUT2D eigenvalue weighted by atomic mass is 16.5. The summed E-state index contributed by atoms with van der Waals surface area (Å²) in [6.07, 6.45) is 5.95. The number of nitrogens with zero attached hydrogens (tertiary/aromatic N) is 1. The summed E-state index contributed by atoms with van der Waals surface area (Å²) in [6, 6.07) is 3.60. The zero-order chi connectivity index (χ0) is 13.8. The number of Topliss-reactive ketones (excluding diaryl/α,β-unsaturated/α-hetero) is 1. The SMILES string of the molecule is COc1cccnc1C(=O)C1CCC(C(C)C)CC1. The van der Waals surface area contributed by atoms with E-state index in [1.807, 2.05) is 0 Å². The lowest BCUT2D eigenvalue weighted by Crippen LogP contribution is -2.25. The predicted octanol–water partition coefficient (Wildman–Crippen LogP) is 3.74. The fraction of sp³-hybridized carbons (Fsp3) is 0.625. The third kappa shape index (κ3) is 3.14.